The molecule has 0 heterocycles. The maximum atomic E-state index is 5.93. The Morgan fingerprint density at radius 1 is 1.44 bits per heavy atom. The minimum Gasteiger partial charge on any atom is -0.493 e. The van der Waals surface area contributed by atoms with Crippen LogP contribution in [-0.4, -0.2) is 19.1 Å². The second-order valence-electron chi connectivity index (χ2n) is 3.81. The zero-order valence-corrected chi connectivity index (χ0v) is 11.6. The number of guanidine groups is 1. The largest absolute Gasteiger partial charge is 0.493 e. The van der Waals surface area contributed by atoms with Gasteiger partial charge in [0.25, 0.3) is 0 Å². The standard InChI is InChI=1S/C13H20ClN3O/c1-3-7-16-13(15)17-9-10-5-6-11(14)8-12(10)18-4-2/h5-6,8H,3-4,7,9H2,1-2H3,(H3,15,16,17). The Morgan fingerprint density at radius 3 is 2.89 bits per heavy atom. The molecule has 0 aliphatic heterocycles. The number of hydrogen-bond acceptors (Lipinski definition) is 2. The van der Waals surface area contributed by atoms with Gasteiger partial charge < -0.3 is 15.8 Å². The van der Waals surface area contributed by atoms with E-state index < -0.39 is 0 Å². The third kappa shape index (κ3) is 4.84. The molecule has 3 N–H and O–H groups in total. The SMILES string of the molecule is CCCNC(N)=NCc1ccc(Cl)cc1OCC. The molecule has 0 saturated heterocycles. The van der Waals surface area contributed by atoms with E-state index in [0.717, 1.165) is 24.3 Å². The van der Waals surface area contributed by atoms with E-state index in [1.807, 2.05) is 19.1 Å². The average molecular weight is 270 g/mol. The Kier molecular flexibility index (Phi) is 6.36. The molecule has 0 radical (unpaired) electrons. The van der Waals surface area contributed by atoms with Crippen molar-refractivity contribution in [2.45, 2.75) is 26.8 Å². The number of ether oxygens (including phenoxy) is 1. The molecule has 1 aromatic carbocycles. The smallest absolute Gasteiger partial charge is 0.188 e. The molecule has 0 atom stereocenters. The van der Waals surface area contributed by atoms with Gasteiger partial charge in [0.2, 0.25) is 0 Å². The number of nitrogens with two attached hydrogens (primary N) is 1. The molecule has 0 saturated carbocycles. The van der Waals surface area contributed by atoms with E-state index in [2.05, 4.69) is 17.2 Å². The third-order valence-corrected chi connectivity index (χ3v) is 2.54. The molecule has 0 fully saturated rings. The van der Waals surface area contributed by atoms with E-state index in [0.29, 0.717) is 24.1 Å². The normalized spacial score (nSPS) is 11.4. The van der Waals surface area contributed by atoms with Crippen molar-refractivity contribution in [1.29, 1.82) is 0 Å². The Labute approximate surface area is 113 Å². The number of rotatable bonds is 6. The molecule has 0 unspecified atom stereocenters. The summed E-state index contributed by atoms with van der Waals surface area (Å²) < 4.78 is 5.52. The fourth-order valence-electron chi connectivity index (χ4n) is 1.43. The van der Waals surface area contributed by atoms with Gasteiger partial charge in [-0.2, -0.15) is 0 Å². The molecule has 18 heavy (non-hydrogen) atoms. The van der Waals surface area contributed by atoms with Gasteiger partial charge in [0, 0.05) is 17.1 Å². The summed E-state index contributed by atoms with van der Waals surface area (Å²) in [6, 6.07) is 5.53. The molecule has 4 nitrogen and oxygen atoms in total. The second-order valence-corrected chi connectivity index (χ2v) is 4.25. The molecule has 0 aromatic heterocycles. The first-order valence-electron chi connectivity index (χ1n) is 6.12. The maximum absolute atomic E-state index is 5.93. The highest BCUT2D eigenvalue weighted by Gasteiger charge is 2.04. The predicted octanol–water partition coefficient (Wildman–Crippen LogP) is 2.55. The van der Waals surface area contributed by atoms with E-state index in [1.54, 1.807) is 6.07 Å². The molecular formula is C13H20ClN3O. The number of aliphatic imine (C=N–C) groups is 1. The van der Waals surface area contributed by atoms with E-state index in [9.17, 15) is 0 Å². The van der Waals surface area contributed by atoms with Crippen LogP contribution in [0.15, 0.2) is 23.2 Å². The van der Waals surface area contributed by atoms with Crippen LogP contribution < -0.4 is 15.8 Å². The van der Waals surface area contributed by atoms with Gasteiger partial charge in [0.05, 0.1) is 13.2 Å². The number of hydrogen-bond donors (Lipinski definition) is 2. The molecule has 100 valence electrons. The van der Waals surface area contributed by atoms with Gasteiger partial charge in [-0.25, -0.2) is 4.99 Å². The number of nitrogens with one attached hydrogen (secondary N) is 1. The first-order valence-corrected chi connectivity index (χ1v) is 6.50. The summed E-state index contributed by atoms with van der Waals surface area (Å²) in [6.07, 6.45) is 1.02. The zero-order valence-electron chi connectivity index (χ0n) is 10.9. The summed E-state index contributed by atoms with van der Waals surface area (Å²) in [7, 11) is 0. The van der Waals surface area contributed by atoms with E-state index in [4.69, 9.17) is 22.1 Å². The average Bonchev–Trinajstić information content (AvgIpc) is 2.36. The summed E-state index contributed by atoms with van der Waals surface area (Å²) in [5.74, 6) is 1.21. The monoisotopic (exact) mass is 269 g/mol. The van der Waals surface area contributed by atoms with Crippen molar-refractivity contribution >= 4 is 17.6 Å². The van der Waals surface area contributed by atoms with Gasteiger partial charge in [0.1, 0.15) is 5.75 Å². The van der Waals surface area contributed by atoms with Crippen molar-refractivity contribution in [2.24, 2.45) is 10.7 Å². The van der Waals surface area contributed by atoms with E-state index in [1.165, 1.54) is 0 Å². The Bertz CT molecular complexity index is 407. The zero-order chi connectivity index (χ0) is 13.4. The predicted molar refractivity (Wildman–Crippen MR) is 76.2 cm³/mol. The van der Waals surface area contributed by atoms with Crippen LogP contribution in [0.1, 0.15) is 25.8 Å². The van der Waals surface area contributed by atoms with Gasteiger partial charge >= 0.3 is 0 Å². The maximum Gasteiger partial charge on any atom is 0.188 e. The van der Waals surface area contributed by atoms with Crippen LogP contribution in [0.4, 0.5) is 0 Å². The molecular weight excluding hydrogens is 250 g/mol. The van der Waals surface area contributed by atoms with Crippen molar-refractivity contribution < 1.29 is 4.74 Å². The van der Waals surface area contributed by atoms with Gasteiger partial charge in [-0.1, -0.05) is 24.6 Å². The number of halogens is 1. The lowest BCUT2D eigenvalue weighted by Gasteiger charge is -2.09. The van der Waals surface area contributed by atoms with Crippen LogP contribution >= 0.6 is 11.6 Å². The van der Waals surface area contributed by atoms with Gasteiger partial charge in [-0.3, -0.25) is 0 Å². The second kappa shape index (κ2) is 7.82. The van der Waals surface area contributed by atoms with E-state index in [-0.39, 0.29) is 0 Å². The lowest BCUT2D eigenvalue weighted by atomic mass is 10.2. The van der Waals surface area contributed by atoms with Crippen LogP contribution in [0.25, 0.3) is 0 Å². The Balaban J connectivity index is 2.71. The summed E-state index contributed by atoms with van der Waals surface area (Å²) in [5, 5.41) is 3.68. The van der Waals surface area contributed by atoms with Crippen molar-refractivity contribution in [3.8, 4) is 5.75 Å². The lowest BCUT2D eigenvalue weighted by molar-refractivity contribution is 0.336. The summed E-state index contributed by atoms with van der Waals surface area (Å²) in [4.78, 5) is 4.26. The van der Waals surface area contributed by atoms with Gasteiger partial charge in [0.15, 0.2) is 5.96 Å². The summed E-state index contributed by atoms with van der Waals surface area (Å²) >= 11 is 5.93. The lowest BCUT2D eigenvalue weighted by Crippen LogP contribution is -2.32. The third-order valence-electron chi connectivity index (χ3n) is 2.30. The van der Waals surface area contributed by atoms with E-state index >= 15 is 0 Å². The van der Waals surface area contributed by atoms with Crippen LogP contribution in [0.3, 0.4) is 0 Å². The number of benzene rings is 1. The van der Waals surface area contributed by atoms with Crippen LogP contribution in [-0.2, 0) is 6.54 Å². The van der Waals surface area contributed by atoms with Crippen molar-refractivity contribution in [3.05, 3.63) is 28.8 Å². The molecule has 0 aliphatic rings. The topological polar surface area (TPSA) is 59.6 Å². The number of nitrogens with zero attached hydrogens (tertiary/aromatic N) is 1. The van der Waals surface area contributed by atoms with Gasteiger partial charge in [-0.05, 0) is 25.5 Å². The molecule has 0 aliphatic carbocycles. The fourth-order valence-corrected chi connectivity index (χ4v) is 1.59. The summed E-state index contributed by atoms with van der Waals surface area (Å²) in [6.45, 7) is 5.92. The Hall–Kier alpha value is -1.42. The highest BCUT2D eigenvalue weighted by molar-refractivity contribution is 6.30. The molecule has 0 spiro atoms. The molecule has 1 rings (SSSR count). The highest BCUT2D eigenvalue weighted by Crippen LogP contribution is 2.24. The van der Waals surface area contributed by atoms with Crippen molar-refractivity contribution in [3.63, 3.8) is 0 Å². The van der Waals surface area contributed by atoms with Crippen LogP contribution in [0.5, 0.6) is 5.75 Å². The summed E-state index contributed by atoms with van der Waals surface area (Å²) in [5.41, 5.74) is 6.71. The quantitative estimate of drug-likeness (QED) is 0.616. The highest BCUT2D eigenvalue weighted by atomic mass is 35.5. The molecule has 1 aromatic rings. The molecule has 0 bridgehead atoms. The first kappa shape index (κ1) is 14.6. The van der Waals surface area contributed by atoms with Crippen molar-refractivity contribution in [2.75, 3.05) is 13.2 Å². The minimum atomic E-state index is 0.453. The van der Waals surface area contributed by atoms with Crippen LogP contribution in [0.2, 0.25) is 5.02 Å². The van der Waals surface area contributed by atoms with Crippen molar-refractivity contribution in [1.82, 2.24) is 5.32 Å². The van der Waals surface area contributed by atoms with Crippen LogP contribution in [0, 0.1) is 0 Å². The van der Waals surface area contributed by atoms with Gasteiger partial charge in [-0.15, -0.1) is 0 Å². The molecule has 0 amide bonds. The Morgan fingerprint density at radius 2 is 2.22 bits per heavy atom. The minimum absolute atomic E-state index is 0.453. The first-order chi connectivity index (χ1) is 8.67. The molecule has 5 heteroatoms. The fraction of sp³-hybridized carbons (Fsp3) is 0.462.